The van der Waals surface area contributed by atoms with Gasteiger partial charge in [0.05, 0.1) is 22.5 Å². The molecule has 0 spiro atoms. The quantitative estimate of drug-likeness (QED) is 0.458. The highest BCUT2D eigenvalue weighted by Crippen LogP contribution is 2.19. The molecule has 138 valence electrons. The fraction of sp³-hybridized carbons (Fsp3) is 0.235. The number of thioether (sulfide) groups is 1. The molecule has 4 aromatic rings. The van der Waals surface area contributed by atoms with E-state index in [1.807, 2.05) is 36.6 Å². The molecule has 3 heterocycles. The first-order chi connectivity index (χ1) is 13.2. The highest BCUT2D eigenvalue weighted by molar-refractivity contribution is 7.99. The third-order valence-corrected chi connectivity index (χ3v) is 5.35. The molecule has 0 radical (unpaired) electrons. The SMILES string of the molecule is Cc1csc(NC(=O)CSc2nnc(CCc3nc4ccccc4[nH]3)o2)n1. The van der Waals surface area contributed by atoms with Crippen molar-refractivity contribution in [1.29, 1.82) is 0 Å². The molecule has 0 aliphatic rings. The van der Waals surface area contributed by atoms with Crippen LogP contribution in [0.25, 0.3) is 11.0 Å². The number of carbonyl (C=O) groups excluding carboxylic acids is 1. The van der Waals surface area contributed by atoms with E-state index >= 15 is 0 Å². The van der Waals surface area contributed by atoms with E-state index in [0.717, 1.165) is 22.6 Å². The van der Waals surface area contributed by atoms with E-state index in [1.165, 1.54) is 23.1 Å². The van der Waals surface area contributed by atoms with Gasteiger partial charge in [-0.2, -0.15) is 0 Å². The topological polar surface area (TPSA) is 110 Å². The lowest BCUT2D eigenvalue weighted by atomic mass is 10.3. The Kier molecular flexibility index (Phi) is 5.16. The number of nitrogens with one attached hydrogen (secondary N) is 2. The molecular formula is C17H16N6O2S2. The molecule has 1 amide bonds. The second-order valence-corrected chi connectivity index (χ2v) is 7.58. The van der Waals surface area contributed by atoms with E-state index in [4.69, 9.17) is 4.42 Å². The van der Waals surface area contributed by atoms with Crippen molar-refractivity contribution in [3.8, 4) is 0 Å². The van der Waals surface area contributed by atoms with Gasteiger partial charge in [0.1, 0.15) is 5.82 Å². The van der Waals surface area contributed by atoms with Crippen LogP contribution in [0.15, 0.2) is 39.3 Å². The van der Waals surface area contributed by atoms with Gasteiger partial charge >= 0.3 is 0 Å². The van der Waals surface area contributed by atoms with Gasteiger partial charge in [0.25, 0.3) is 5.22 Å². The third kappa shape index (κ3) is 4.52. The molecule has 0 saturated carbocycles. The molecule has 0 unspecified atom stereocenters. The second kappa shape index (κ2) is 7.89. The van der Waals surface area contributed by atoms with Crippen molar-refractivity contribution in [2.75, 3.05) is 11.1 Å². The minimum absolute atomic E-state index is 0.156. The van der Waals surface area contributed by atoms with Gasteiger partial charge in [-0.1, -0.05) is 23.9 Å². The van der Waals surface area contributed by atoms with E-state index in [-0.39, 0.29) is 11.7 Å². The summed E-state index contributed by atoms with van der Waals surface area (Å²) in [5.74, 6) is 1.43. The van der Waals surface area contributed by atoms with Crippen LogP contribution in [0, 0.1) is 6.92 Å². The molecule has 0 aliphatic heterocycles. The monoisotopic (exact) mass is 400 g/mol. The van der Waals surface area contributed by atoms with E-state index in [0.29, 0.717) is 29.1 Å². The van der Waals surface area contributed by atoms with Crippen molar-refractivity contribution < 1.29 is 9.21 Å². The number of fused-ring (bicyclic) bond motifs is 1. The molecule has 0 fully saturated rings. The van der Waals surface area contributed by atoms with Crippen LogP contribution in [0.4, 0.5) is 5.13 Å². The summed E-state index contributed by atoms with van der Waals surface area (Å²) < 4.78 is 5.59. The number of carbonyl (C=O) groups is 1. The number of aromatic nitrogens is 5. The number of thiazole rings is 1. The van der Waals surface area contributed by atoms with Crippen molar-refractivity contribution in [3.05, 3.63) is 47.1 Å². The molecule has 1 aromatic carbocycles. The van der Waals surface area contributed by atoms with Crippen LogP contribution in [-0.4, -0.2) is 36.8 Å². The maximum atomic E-state index is 11.9. The average molecular weight is 400 g/mol. The Labute approximate surface area is 162 Å². The molecular weight excluding hydrogens is 384 g/mol. The number of para-hydroxylation sites is 2. The Balaban J connectivity index is 1.27. The van der Waals surface area contributed by atoms with Crippen LogP contribution in [0.3, 0.4) is 0 Å². The van der Waals surface area contributed by atoms with Crippen LogP contribution >= 0.6 is 23.1 Å². The minimum atomic E-state index is -0.156. The normalized spacial score (nSPS) is 11.1. The van der Waals surface area contributed by atoms with Crippen molar-refractivity contribution >= 4 is 45.2 Å². The lowest BCUT2D eigenvalue weighted by Crippen LogP contribution is -2.13. The maximum Gasteiger partial charge on any atom is 0.277 e. The molecule has 0 aliphatic carbocycles. The zero-order chi connectivity index (χ0) is 18.6. The predicted octanol–water partition coefficient (Wildman–Crippen LogP) is 3.23. The number of aromatic amines is 1. The summed E-state index contributed by atoms with van der Waals surface area (Å²) in [6.07, 6.45) is 1.25. The summed E-state index contributed by atoms with van der Waals surface area (Å²) in [6.45, 7) is 1.88. The van der Waals surface area contributed by atoms with E-state index in [2.05, 4.69) is 30.5 Å². The third-order valence-electron chi connectivity index (χ3n) is 3.65. The average Bonchev–Trinajstić information content (AvgIpc) is 3.37. The van der Waals surface area contributed by atoms with Crippen LogP contribution in [0.5, 0.6) is 0 Å². The summed E-state index contributed by atoms with van der Waals surface area (Å²) in [6, 6.07) is 7.89. The molecule has 4 rings (SSSR count). The van der Waals surface area contributed by atoms with Gasteiger partial charge in [-0.15, -0.1) is 21.5 Å². The number of anilines is 1. The molecule has 8 nitrogen and oxygen atoms in total. The van der Waals surface area contributed by atoms with Gasteiger partial charge in [0.2, 0.25) is 11.8 Å². The van der Waals surface area contributed by atoms with Gasteiger partial charge < -0.3 is 14.7 Å². The van der Waals surface area contributed by atoms with Gasteiger partial charge in [0, 0.05) is 18.2 Å². The Morgan fingerprint density at radius 3 is 2.96 bits per heavy atom. The van der Waals surface area contributed by atoms with Gasteiger partial charge in [-0.05, 0) is 19.1 Å². The lowest BCUT2D eigenvalue weighted by Gasteiger charge is -1.98. The molecule has 3 aromatic heterocycles. The van der Waals surface area contributed by atoms with Crippen molar-refractivity contribution in [1.82, 2.24) is 25.1 Å². The highest BCUT2D eigenvalue weighted by atomic mass is 32.2. The number of nitrogens with zero attached hydrogens (tertiary/aromatic N) is 4. The minimum Gasteiger partial charge on any atom is -0.416 e. The molecule has 0 bridgehead atoms. The van der Waals surface area contributed by atoms with Gasteiger partial charge in [-0.3, -0.25) is 4.79 Å². The van der Waals surface area contributed by atoms with E-state index in [9.17, 15) is 4.79 Å². The Bertz CT molecular complexity index is 1040. The Morgan fingerprint density at radius 1 is 1.26 bits per heavy atom. The zero-order valence-electron chi connectivity index (χ0n) is 14.4. The molecule has 0 saturated heterocycles. The molecule has 2 N–H and O–H groups in total. The Morgan fingerprint density at radius 2 is 2.15 bits per heavy atom. The first kappa shape index (κ1) is 17.7. The summed E-state index contributed by atoms with van der Waals surface area (Å²) in [7, 11) is 0. The summed E-state index contributed by atoms with van der Waals surface area (Å²) in [5.41, 5.74) is 2.83. The number of aryl methyl sites for hydroxylation is 3. The number of rotatable bonds is 7. The largest absolute Gasteiger partial charge is 0.416 e. The van der Waals surface area contributed by atoms with Crippen LogP contribution in [-0.2, 0) is 17.6 Å². The van der Waals surface area contributed by atoms with Crippen molar-refractivity contribution in [3.63, 3.8) is 0 Å². The lowest BCUT2D eigenvalue weighted by molar-refractivity contribution is -0.113. The number of benzene rings is 1. The van der Waals surface area contributed by atoms with E-state index in [1.54, 1.807) is 0 Å². The van der Waals surface area contributed by atoms with Crippen LogP contribution in [0.1, 0.15) is 17.4 Å². The first-order valence-electron chi connectivity index (χ1n) is 8.26. The zero-order valence-corrected chi connectivity index (χ0v) is 16.1. The number of H-pyrrole nitrogens is 1. The molecule has 27 heavy (non-hydrogen) atoms. The standard InChI is InChI=1S/C17H16N6O2S2/c1-10-8-26-16(18-10)21-14(24)9-27-17-23-22-15(25-17)7-6-13-19-11-4-2-3-5-12(11)20-13/h2-5,8H,6-7,9H2,1H3,(H,19,20)(H,18,21,24). The fourth-order valence-corrected chi connectivity index (χ4v) is 3.73. The fourth-order valence-electron chi connectivity index (χ4n) is 2.44. The van der Waals surface area contributed by atoms with Crippen molar-refractivity contribution in [2.24, 2.45) is 0 Å². The smallest absolute Gasteiger partial charge is 0.277 e. The first-order valence-corrected chi connectivity index (χ1v) is 10.1. The number of hydrogen-bond acceptors (Lipinski definition) is 8. The highest BCUT2D eigenvalue weighted by Gasteiger charge is 2.12. The summed E-state index contributed by atoms with van der Waals surface area (Å²) >= 11 is 2.60. The van der Waals surface area contributed by atoms with Crippen LogP contribution in [0.2, 0.25) is 0 Å². The predicted molar refractivity (Wildman–Crippen MR) is 104 cm³/mol. The number of hydrogen-bond donors (Lipinski definition) is 2. The Hall–Kier alpha value is -2.72. The van der Waals surface area contributed by atoms with Gasteiger partial charge in [0.15, 0.2) is 5.13 Å². The number of imidazole rings is 1. The van der Waals surface area contributed by atoms with E-state index < -0.39 is 0 Å². The second-order valence-electron chi connectivity index (χ2n) is 5.79. The number of amides is 1. The van der Waals surface area contributed by atoms with Crippen molar-refractivity contribution in [2.45, 2.75) is 25.0 Å². The summed E-state index contributed by atoms with van der Waals surface area (Å²) in [5, 5.41) is 13.6. The van der Waals surface area contributed by atoms with Gasteiger partial charge in [-0.25, -0.2) is 9.97 Å². The molecule has 10 heteroatoms. The van der Waals surface area contributed by atoms with Crippen LogP contribution < -0.4 is 5.32 Å². The molecule has 0 atom stereocenters. The maximum absolute atomic E-state index is 11.9. The summed E-state index contributed by atoms with van der Waals surface area (Å²) in [4.78, 5) is 23.9.